The molecule has 3 aromatic rings. The van der Waals surface area contributed by atoms with Gasteiger partial charge in [-0.15, -0.1) is 0 Å². The molecule has 0 atom stereocenters. The fourth-order valence-electron chi connectivity index (χ4n) is 5.38. The number of nitrogens with two attached hydrogens (primary N) is 1. The summed E-state index contributed by atoms with van der Waals surface area (Å²) in [4.78, 5) is 23.2. The summed E-state index contributed by atoms with van der Waals surface area (Å²) in [5, 5.41) is 2.85. The topological polar surface area (TPSA) is 93.4 Å². The minimum absolute atomic E-state index is 0.0312. The molecule has 1 aromatic heterocycles. The number of ether oxygens (including phenoxy) is 1. The maximum Gasteiger partial charge on any atom is 0.251 e. The number of carbonyl (C=O) groups is 1. The van der Waals surface area contributed by atoms with Gasteiger partial charge in [0.2, 0.25) is 5.95 Å². The van der Waals surface area contributed by atoms with E-state index in [4.69, 9.17) is 10.5 Å². The molecule has 2 aliphatic rings. The predicted molar refractivity (Wildman–Crippen MR) is 143 cm³/mol. The van der Waals surface area contributed by atoms with Crippen LogP contribution in [0, 0.1) is 5.95 Å². The Morgan fingerprint density at radius 2 is 1.78 bits per heavy atom. The molecule has 0 bridgehead atoms. The maximum atomic E-state index is 15.2. The number of nitrogens with zero attached hydrogens (tertiary/aromatic N) is 3. The summed E-state index contributed by atoms with van der Waals surface area (Å²) >= 11 is 0. The molecule has 3 N–H and O–H groups in total. The zero-order chi connectivity index (χ0) is 25.9. The van der Waals surface area contributed by atoms with Crippen LogP contribution < -0.4 is 11.1 Å². The largest absolute Gasteiger partial charge is 0.382 e. The van der Waals surface area contributed by atoms with Crippen LogP contribution in [0.5, 0.6) is 0 Å². The van der Waals surface area contributed by atoms with E-state index in [9.17, 15) is 4.79 Å². The number of rotatable bonds is 7. The Labute approximate surface area is 217 Å². The van der Waals surface area contributed by atoms with E-state index in [0.717, 1.165) is 63.2 Å². The Balaban J connectivity index is 1.56. The third kappa shape index (κ3) is 5.22. The number of nitrogens with one attached hydrogen (secondary N) is 1. The Morgan fingerprint density at radius 1 is 1.05 bits per heavy atom. The third-order valence-electron chi connectivity index (χ3n) is 7.55. The molecule has 2 aromatic carbocycles. The molecule has 2 aliphatic heterocycles. The number of aromatic nitrogens is 2. The molecule has 3 heterocycles. The monoisotopic (exact) mass is 503 g/mol. The van der Waals surface area contributed by atoms with Crippen molar-refractivity contribution in [1.82, 2.24) is 20.2 Å². The van der Waals surface area contributed by atoms with Crippen LogP contribution >= 0.6 is 0 Å². The van der Waals surface area contributed by atoms with E-state index >= 15 is 4.39 Å². The van der Waals surface area contributed by atoms with Gasteiger partial charge in [0.1, 0.15) is 11.4 Å². The molecule has 37 heavy (non-hydrogen) atoms. The lowest BCUT2D eigenvalue weighted by molar-refractivity contribution is 0.0850. The Morgan fingerprint density at radius 3 is 2.54 bits per heavy atom. The maximum absolute atomic E-state index is 15.2. The minimum atomic E-state index is -0.689. The van der Waals surface area contributed by atoms with Crippen LogP contribution in [0.2, 0.25) is 0 Å². The standard InChI is InChI=1S/C29H34FN5O2/c1-3-35(4-2)17-22-16-20(5-7-23(22)18-10-13-37-14-11-18)25-27(30)34-28(31)26(33-25)21-6-8-24-19(15-21)9-12-32-29(24)36/h5-8,15-16,18H,3-4,9-14,17H2,1-2H3,(H2,31,34)(H,32,36). The lowest BCUT2D eigenvalue weighted by Gasteiger charge is -2.27. The van der Waals surface area contributed by atoms with Gasteiger partial charge in [0.25, 0.3) is 5.91 Å². The van der Waals surface area contributed by atoms with Crippen molar-refractivity contribution >= 4 is 11.7 Å². The summed E-state index contributed by atoms with van der Waals surface area (Å²) in [5.74, 6) is -0.314. The number of nitrogen functional groups attached to an aromatic ring is 1. The lowest BCUT2D eigenvalue weighted by atomic mass is 9.87. The van der Waals surface area contributed by atoms with Gasteiger partial charge in [0.15, 0.2) is 5.82 Å². The highest BCUT2D eigenvalue weighted by Crippen LogP contribution is 2.35. The zero-order valence-corrected chi connectivity index (χ0v) is 21.5. The molecule has 0 radical (unpaired) electrons. The molecule has 0 unspecified atom stereocenters. The normalized spacial score (nSPS) is 16.1. The number of hydrogen-bond donors (Lipinski definition) is 2. The summed E-state index contributed by atoms with van der Waals surface area (Å²) in [7, 11) is 0. The molecular formula is C29H34FN5O2. The van der Waals surface area contributed by atoms with Crippen LogP contribution in [0.3, 0.4) is 0 Å². The van der Waals surface area contributed by atoms with Gasteiger partial charge in [-0.2, -0.15) is 9.37 Å². The molecule has 0 aliphatic carbocycles. The van der Waals surface area contributed by atoms with Gasteiger partial charge in [0, 0.05) is 43.0 Å². The second-order valence-corrected chi connectivity index (χ2v) is 9.74. The van der Waals surface area contributed by atoms with E-state index in [1.54, 1.807) is 12.1 Å². The van der Waals surface area contributed by atoms with Gasteiger partial charge >= 0.3 is 0 Å². The van der Waals surface area contributed by atoms with E-state index in [1.807, 2.05) is 12.1 Å². The van der Waals surface area contributed by atoms with Crippen LogP contribution in [-0.2, 0) is 17.7 Å². The van der Waals surface area contributed by atoms with Crippen molar-refractivity contribution in [3.8, 4) is 22.5 Å². The number of halogens is 1. The first-order valence-corrected chi connectivity index (χ1v) is 13.2. The molecule has 194 valence electrons. The van der Waals surface area contributed by atoms with Crippen LogP contribution in [0.15, 0.2) is 36.4 Å². The summed E-state index contributed by atoms with van der Waals surface area (Å²) in [6.07, 6.45) is 2.70. The van der Waals surface area contributed by atoms with Crippen molar-refractivity contribution in [2.24, 2.45) is 0 Å². The van der Waals surface area contributed by atoms with Gasteiger partial charge in [-0.25, -0.2) is 4.98 Å². The molecule has 0 saturated carbocycles. The number of amides is 1. The first kappa shape index (κ1) is 25.3. The second kappa shape index (κ2) is 10.9. The Hall–Kier alpha value is -3.36. The molecular weight excluding hydrogens is 469 g/mol. The average Bonchev–Trinajstić information content (AvgIpc) is 2.92. The molecule has 1 saturated heterocycles. The minimum Gasteiger partial charge on any atom is -0.382 e. The lowest BCUT2D eigenvalue weighted by Crippen LogP contribution is -2.31. The zero-order valence-electron chi connectivity index (χ0n) is 21.5. The summed E-state index contributed by atoms with van der Waals surface area (Å²) in [6, 6.07) is 11.6. The van der Waals surface area contributed by atoms with Crippen molar-refractivity contribution in [3.63, 3.8) is 0 Å². The van der Waals surface area contributed by atoms with Gasteiger partial charge in [0.05, 0.1) is 0 Å². The van der Waals surface area contributed by atoms with E-state index < -0.39 is 5.95 Å². The summed E-state index contributed by atoms with van der Waals surface area (Å²) in [5.41, 5.74) is 12.2. The first-order chi connectivity index (χ1) is 18.0. The Bertz CT molecular complexity index is 1300. The van der Waals surface area contributed by atoms with Gasteiger partial charge in [-0.3, -0.25) is 9.69 Å². The molecule has 5 rings (SSSR count). The van der Waals surface area contributed by atoms with Crippen LogP contribution in [0.25, 0.3) is 22.5 Å². The number of hydrogen-bond acceptors (Lipinski definition) is 6. The van der Waals surface area contributed by atoms with Crippen LogP contribution in [0.1, 0.15) is 59.7 Å². The average molecular weight is 504 g/mol. The molecule has 1 fully saturated rings. The van der Waals surface area contributed by atoms with Crippen molar-refractivity contribution in [2.75, 3.05) is 38.6 Å². The van der Waals surface area contributed by atoms with Crippen molar-refractivity contribution in [2.45, 2.75) is 45.6 Å². The van der Waals surface area contributed by atoms with E-state index in [-0.39, 0.29) is 17.4 Å². The van der Waals surface area contributed by atoms with Gasteiger partial charge in [-0.05, 0) is 73.2 Å². The third-order valence-corrected chi connectivity index (χ3v) is 7.55. The van der Waals surface area contributed by atoms with E-state index in [1.165, 1.54) is 11.1 Å². The summed E-state index contributed by atoms with van der Waals surface area (Å²) < 4.78 is 20.8. The fraction of sp³-hybridized carbons (Fsp3) is 0.414. The number of carbonyl (C=O) groups excluding carboxylic acids is 1. The molecule has 1 amide bonds. The SMILES string of the molecule is CCN(CC)Cc1cc(-c2nc(-c3ccc4c(c3)CCNC4=O)c(N)nc2F)ccc1C1CCOCC1. The second-order valence-electron chi connectivity index (χ2n) is 9.74. The smallest absolute Gasteiger partial charge is 0.251 e. The van der Waals surface area contributed by atoms with Crippen LogP contribution in [0.4, 0.5) is 10.2 Å². The van der Waals surface area contributed by atoms with Gasteiger partial charge < -0.3 is 15.8 Å². The van der Waals surface area contributed by atoms with Crippen molar-refractivity contribution in [3.05, 3.63) is 64.6 Å². The number of anilines is 1. The predicted octanol–water partition coefficient (Wildman–Crippen LogP) is 4.55. The highest BCUT2D eigenvalue weighted by Gasteiger charge is 2.23. The highest BCUT2D eigenvalue weighted by atomic mass is 19.1. The number of benzene rings is 2. The highest BCUT2D eigenvalue weighted by molar-refractivity contribution is 5.97. The quantitative estimate of drug-likeness (QED) is 0.491. The molecule has 7 nitrogen and oxygen atoms in total. The fourth-order valence-corrected chi connectivity index (χ4v) is 5.38. The van der Waals surface area contributed by atoms with Crippen molar-refractivity contribution < 1.29 is 13.9 Å². The van der Waals surface area contributed by atoms with Crippen LogP contribution in [-0.4, -0.2) is 53.6 Å². The van der Waals surface area contributed by atoms with E-state index in [2.05, 4.69) is 46.2 Å². The first-order valence-electron chi connectivity index (χ1n) is 13.2. The van der Waals surface area contributed by atoms with Crippen molar-refractivity contribution in [1.29, 1.82) is 0 Å². The number of fused-ring (bicyclic) bond motifs is 1. The molecule has 8 heteroatoms. The summed E-state index contributed by atoms with van der Waals surface area (Å²) in [6.45, 7) is 9.08. The molecule has 0 spiro atoms. The van der Waals surface area contributed by atoms with E-state index in [0.29, 0.717) is 29.3 Å². The Kier molecular flexibility index (Phi) is 7.48. The van der Waals surface area contributed by atoms with Gasteiger partial charge in [-0.1, -0.05) is 32.0 Å².